The molecule has 0 fully saturated rings. The monoisotopic (exact) mass is 185 g/mol. The molecule has 0 unspecified atom stereocenters. The minimum absolute atomic E-state index is 0.307. The van der Waals surface area contributed by atoms with Crippen molar-refractivity contribution < 1.29 is 9.90 Å². The van der Waals surface area contributed by atoms with E-state index < -0.39 is 5.97 Å². The quantitative estimate of drug-likeness (QED) is 0.769. The van der Waals surface area contributed by atoms with Crippen LogP contribution in [0.2, 0.25) is 0 Å². The van der Waals surface area contributed by atoms with Crippen LogP contribution in [0.15, 0.2) is 0 Å². The summed E-state index contributed by atoms with van der Waals surface area (Å²) in [6.45, 7) is 5.74. The standard InChI is InChI=1S/C8H11NO2S/c1-4(2)7-9-5(3)6(12-7)8(10)11/h4H,1-3H3,(H,10,11). The molecule has 4 heteroatoms. The van der Waals surface area contributed by atoms with E-state index in [9.17, 15) is 4.79 Å². The highest BCUT2D eigenvalue weighted by atomic mass is 32.1. The van der Waals surface area contributed by atoms with E-state index in [0.29, 0.717) is 16.5 Å². The van der Waals surface area contributed by atoms with Gasteiger partial charge in [0, 0.05) is 5.92 Å². The molecule has 0 aliphatic rings. The summed E-state index contributed by atoms with van der Waals surface area (Å²) < 4.78 is 0. The molecule has 1 heterocycles. The first-order valence-electron chi connectivity index (χ1n) is 3.73. The number of rotatable bonds is 2. The topological polar surface area (TPSA) is 50.2 Å². The SMILES string of the molecule is Cc1nc(C(C)C)sc1C(=O)O. The van der Waals surface area contributed by atoms with Crippen molar-refractivity contribution in [3.8, 4) is 0 Å². The summed E-state index contributed by atoms with van der Waals surface area (Å²) in [6, 6.07) is 0. The Morgan fingerprint density at radius 2 is 2.17 bits per heavy atom. The van der Waals surface area contributed by atoms with Gasteiger partial charge in [0.05, 0.1) is 10.7 Å². The Labute approximate surface area is 75.1 Å². The smallest absolute Gasteiger partial charge is 0.347 e. The lowest BCUT2D eigenvalue weighted by Crippen LogP contribution is -1.94. The largest absolute Gasteiger partial charge is 0.477 e. The summed E-state index contributed by atoms with van der Waals surface area (Å²) in [6.07, 6.45) is 0. The lowest BCUT2D eigenvalue weighted by atomic mass is 10.2. The second kappa shape index (κ2) is 3.23. The number of carboxylic acid groups (broad SMARTS) is 1. The number of hydrogen-bond acceptors (Lipinski definition) is 3. The number of carbonyl (C=O) groups is 1. The molecule has 1 aromatic rings. The molecule has 0 saturated carbocycles. The summed E-state index contributed by atoms with van der Waals surface area (Å²) in [5.41, 5.74) is 0.621. The van der Waals surface area contributed by atoms with Crippen LogP contribution in [-0.2, 0) is 0 Å². The lowest BCUT2D eigenvalue weighted by molar-refractivity contribution is 0.0701. The molecular formula is C8H11NO2S. The first-order chi connectivity index (χ1) is 5.52. The van der Waals surface area contributed by atoms with Crippen molar-refractivity contribution in [3.63, 3.8) is 0 Å². The molecule has 1 aromatic heterocycles. The number of aromatic carboxylic acids is 1. The van der Waals surface area contributed by atoms with Gasteiger partial charge < -0.3 is 5.11 Å². The van der Waals surface area contributed by atoms with Crippen LogP contribution >= 0.6 is 11.3 Å². The highest BCUT2D eigenvalue weighted by Gasteiger charge is 2.14. The van der Waals surface area contributed by atoms with E-state index in [1.165, 1.54) is 11.3 Å². The van der Waals surface area contributed by atoms with Gasteiger partial charge >= 0.3 is 5.97 Å². The van der Waals surface area contributed by atoms with Gasteiger partial charge in [0.25, 0.3) is 0 Å². The molecule has 1 rings (SSSR count). The zero-order valence-electron chi connectivity index (χ0n) is 7.29. The number of aryl methyl sites for hydroxylation is 1. The summed E-state index contributed by atoms with van der Waals surface area (Å²) in [4.78, 5) is 15.2. The van der Waals surface area contributed by atoms with E-state index in [0.717, 1.165) is 5.01 Å². The molecule has 0 spiro atoms. The van der Waals surface area contributed by atoms with Gasteiger partial charge in [-0.2, -0.15) is 0 Å². The summed E-state index contributed by atoms with van der Waals surface area (Å²) in [7, 11) is 0. The fourth-order valence-electron chi connectivity index (χ4n) is 0.863. The molecule has 0 aromatic carbocycles. The molecule has 0 aliphatic carbocycles. The molecule has 1 N–H and O–H groups in total. The normalized spacial score (nSPS) is 10.7. The van der Waals surface area contributed by atoms with Crippen LogP contribution in [0.4, 0.5) is 0 Å². The molecule has 66 valence electrons. The van der Waals surface area contributed by atoms with Crippen LogP contribution < -0.4 is 0 Å². The van der Waals surface area contributed by atoms with E-state index in [2.05, 4.69) is 4.98 Å². The predicted molar refractivity (Wildman–Crippen MR) is 47.9 cm³/mol. The van der Waals surface area contributed by atoms with Crippen molar-refractivity contribution in [3.05, 3.63) is 15.6 Å². The van der Waals surface area contributed by atoms with Crippen molar-refractivity contribution in [2.24, 2.45) is 0 Å². The summed E-state index contributed by atoms with van der Waals surface area (Å²) >= 11 is 1.27. The fraction of sp³-hybridized carbons (Fsp3) is 0.500. The Morgan fingerprint density at radius 3 is 2.42 bits per heavy atom. The third-order valence-electron chi connectivity index (χ3n) is 1.50. The first-order valence-corrected chi connectivity index (χ1v) is 4.54. The van der Waals surface area contributed by atoms with Gasteiger partial charge in [-0.25, -0.2) is 9.78 Å². The molecule has 0 bridgehead atoms. The minimum atomic E-state index is -0.878. The van der Waals surface area contributed by atoms with Crippen molar-refractivity contribution in [2.75, 3.05) is 0 Å². The molecule has 12 heavy (non-hydrogen) atoms. The molecule has 0 amide bonds. The van der Waals surface area contributed by atoms with E-state index in [-0.39, 0.29) is 0 Å². The van der Waals surface area contributed by atoms with Gasteiger partial charge in [0.15, 0.2) is 0 Å². The lowest BCUT2D eigenvalue weighted by Gasteiger charge is -1.94. The van der Waals surface area contributed by atoms with Crippen molar-refractivity contribution in [1.82, 2.24) is 4.98 Å². The van der Waals surface area contributed by atoms with E-state index >= 15 is 0 Å². The van der Waals surface area contributed by atoms with Crippen molar-refractivity contribution >= 4 is 17.3 Å². The Hall–Kier alpha value is -0.900. The van der Waals surface area contributed by atoms with E-state index in [1.807, 2.05) is 13.8 Å². The zero-order chi connectivity index (χ0) is 9.30. The summed E-state index contributed by atoms with van der Waals surface area (Å²) in [5, 5.41) is 9.62. The highest BCUT2D eigenvalue weighted by Crippen LogP contribution is 2.24. The second-order valence-electron chi connectivity index (χ2n) is 2.93. The maximum Gasteiger partial charge on any atom is 0.347 e. The molecule has 3 nitrogen and oxygen atoms in total. The average Bonchev–Trinajstić information content (AvgIpc) is 2.30. The van der Waals surface area contributed by atoms with Crippen LogP contribution in [0.1, 0.15) is 40.1 Å². The van der Waals surface area contributed by atoms with Crippen LogP contribution in [0, 0.1) is 6.92 Å². The maximum atomic E-state index is 10.6. The molecule has 0 radical (unpaired) electrons. The van der Waals surface area contributed by atoms with Crippen molar-refractivity contribution in [2.45, 2.75) is 26.7 Å². The van der Waals surface area contributed by atoms with Gasteiger partial charge in [-0.05, 0) is 6.92 Å². The van der Waals surface area contributed by atoms with Crippen LogP contribution in [-0.4, -0.2) is 16.1 Å². The van der Waals surface area contributed by atoms with Gasteiger partial charge in [0.2, 0.25) is 0 Å². The van der Waals surface area contributed by atoms with Gasteiger partial charge in [0.1, 0.15) is 4.88 Å². The Balaban J connectivity index is 3.09. The van der Waals surface area contributed by atoms with Gasteiger partial charge in [-0.15, -0.1) is 11.3 Å². The second-order valence-corrected chi connectivity index (χ2v) is 3.96. The Bertz CT molecular complexity index is 304. The zero-order valence-corrected chi connectivity index (χ0v) is 8.10. The maximum absolute atomic E-state index is 10.6. The summed E-state index contributed by atoms with van der Waals surface area (Å²) in [5.74, 6) is -0.571. The average molecular weight is 185 g/mol. The number of carboxylic acids is 1. The Kier molecular flexibility index (Phi) is 2.47. The first kappa shape index (κ1) is 9.19. The number of thiazole rings is 1. The van der Waals surface area contributed by atoms with Crippen LogP contribution in [0.5, 0.6) is 0 Å². The number of nitrogens with zero attached hydrogens (tertiary/aromatic N) is 1. The molecule has 0 aliphatic heterocycles. The van der Waals surface area contributed by atoms with Gasteiger partial charge in [-0.1, -0.05) is 13.8 Å². The Morgan fingerprint density at radius 1 is 1.58 bits per heavy atom. The van der Waals surface area contributed by atoms with Crippen LogP contribution in [0.3, 0.4) is 0 Å². The molecular weight excluding hydrogens is 174 g/mol. The number of aromatic nitrogens is 1. The fourth-order valence-corrected chi connectivity index (χ4v) is 1.77. The third-order valence-corrected chi connectivity index (χ3v) is 2.95. The van der Waals surface area contributed by atoms with Gasteiger partial charge in [-0.3, -0.25) is 0 Å². The highest BCUT2D eigenvalue weighted by molar-refractivity contribution is 7.13. The number of hydrogen-bond donors (Lipinski definition) is 1. The van der Waals surface area contributed by atoms with Crippen LogP contribution in [0.25, 0.3) is 0 Å². The predicted octanol–water partition coefficient (Wildman–Crippen LogP) is 2.27. The molecule has 0 atom stereocenters. The third kappa shape index (κ3) is 1.64. The molecule has 0 saturated heterocycles. The minimum Gasteiger partial charge on any atom is -0.477 e. The van der Waals surface area contributed by atoms with E-state index in [4.69, 9.17) is 5.11 Å². The van der Waals surface area contributed by atoms with E-state index in [1.54, 1.807) is 6.92 Å². The van der Waals surface area contributed by atoms with Crippen molar-refractivity contribution in [1.29, 1.82) is 0 Å².